The van der Waals surface area contributed by atoms with Crippen molar-refractivity contribution >= 4 is 17.5 Å². The third-order valence-corrected chi connectivity index (χ3v) is 4.12. The van der Waals surface area contributed by atoms with Gasteiger partial charge in [-0.15, -0.1) is 0 Å². The Labute approximate surface area is 165 Å². The minimum Gasteiger partial charge on any atom is -0.493 e. The fraction of sp³-hybridized carbons (Fsp3) is 0.333. The first kappa shape index (κ1) is 21.1. The van der Waals surface area contributed by atoms with Gasteiger partial charge in [0.25, 0.3) is 5.91 Å². The van der Waals surface area contributed by atoms with E-state index in [1.165, 1.54) is 21.3 Å². The van der Waals surface area contributed by atoms with Crippen molar-refractivity contribution in [3.63, 3.8) is 0 Å². The second kappa shape index (κ2) is 10.2. The van der Waals surface area contributed by atoms with Gasteiger partial charge in [0.05, 0.1) is 26.9 Å². The molecule has 150 valence electrons. The molecule has 7 nitrogen and oxygen atoms in total. The summed E-state index contributed by atoms with van der Waals surface area (Å²) in [6.45, 7) is 2.29. The van der Waals surface area contributed by atoms with Gasteiger partial charge in [0.2, 0.25) is 11.7 Å². The highest BCUT2D eigenvalue weighted by Gasteiger charge is 2.20. The number of ether oxygens (including phenoxy) is 3. The fourth-order valence-corrected chi connectivity index (χ4v) is 2.71. The molecule has 7 heteroatoms. The van der Waals surface area contributed by atoms with Gasteiger partial charge < -0.3 is 24.8 Å². The highest BCUT2D eigenvalue weighted by atomic mass is 16.5. The van der Waals surface area contributed by atoms with Crippen molar-refractivity contribution in [1.29, 1.82) is 0 Å². The first-order valence-corrected chi connectivity index (χ1v) is 9.00. The largest absolute Gasteiger partial charge is 0.493 e. The van der Waals surface area contributed by atoms with Gasteiger partial charge in [0.1, 0.15) is 0 Å². The summed E-state index contributed by atoms with van der Waals surface area (Å²) in [6, 6.07) is 10.6. The van der Waals surface area contributed by atoms with Gasteiger partial charge >= 0.3 is 0 Å². The van der Waals surface area contributed by atoms with E-state index in [0.717, 1.165) is 17.7 Å². The summed E-state index contributed by atoms with van der Waals surface area (Å²) >= 11 is 0. The summed E-state index contributed by atoms with van der Waals surface area (Å²) in [4.78, 5) is 24.2. The van der Waals surface area contributed by atoms with E-state index < -0.39 is 0 Å². The van der Waals surface area contributed by atoms with E-state index in [0.29, 0.717) is 35.8 Å². The third-order valence-electron chi connectivity index (χ3n) is 4.12. The molecule has 0 atom stereocenters. The lowest BCUT2D eigenvalue weighted by atomic mass is 10.1. The normalized spacial score (nSPS) is 10.1. The second-order valence-electron chi connectivity index (χ2n) is 6.06. The first-order valence-electron chi connectivity index (χ1n) is 9.00. The summed E-state index contributed by atoms with van der Waals surface area (Å²) in [5.41, 5.74) is 1.99. The number of benzene rings is 2. The molecular weight excluding hydrogens is 360 g/mol. The number of hydrogen-bond acceptors (Lipinski definition) is 5. The number of methoxy groups -OCH3 is 3. The molecule has 0 aromatic heterocycles. The van der Waals surface area contributed by atoms with E-state index in [2.05, 4.69) is 10.6 Å². The number of carbonyl (C=O) groups excluding carboxylic acids is 2. The summed E-state index contributed by atoms with van der Waals surface area (Å²) in [5, 5.41) is 5.69. The highest BCUT2D eigenvalue weighted by molar-refractivity contribution is 5.98. The summed E-state index contributed by atoms with van der Waals surface area (Å²) < 4.78 is 15.9. The minimum atomic E-state index is -0.293. The van der Waals surface area contributed by atoms with Crippen LogP contribution in [0.25, 0.3) is 0 Å². The van der Waals surface area contributed by atoms with Crippen LogP contribution in [0.3, 0.4) is 0 Å². The van der Waals surface area contributed by atoms with Crippen molar-refractivity contribution in [3.8, 4) is 17.2 Å². The molecule has 2 aromatic carbocycles. The average molecular weight is 386 g/mol. The van der Waals surface area contributed by atoms with E-state index in [4.69, 9.17) is 14.2 Å². The number of hydrogen-bond donors (Lipinski definition) is 2. The maximum Gasteiger partial charge on any atom is 0.255 e. The fourth-order valence-electron chi connectivity index (χ4n) is 2.71. The molecule has 0 aliphatic carbocycles. The summed E-state index contributed by atoms with van der Waals surface area (Å²) in [5.74, 6) is 0.858. The molecule has 0 fully saturated rings. The molecule has 2 aromatic rings. The lowest BCUT2D eigenvalue weighted by molar-refractivity contribution is -0.116. The monoisotopic (exact) mass is 386 g/mol. The number of amides is 2. The van der Waals surface area contributed by atoms with Crippen LogP contribution in [0.15, 0.2) is 36.4 Å². The molecule has 0 unspecified atom stereocenters. The molecule has 0 aliphatic heterocycles. The zero-order chi connectivity index (χ0) is 20.5. The maximum atomic E-state index is 12.6. The molecular formula is C21H26N2O5. The number of carbonyl (C=O) groups is 2. The molecule has 0 spiro atoms. The van der Waals surface area contributed by atoms with Crippen LogP contribution in [0.5, 0.6) is 17.2 Å². The lowest BCUT2D eigenvalue weighted by Crippen LogP contribution is -2.23. The van der Waals surface area contributed by atoms with Crippen LogP contribution in [-0.2, 0) is 11.3 Å². The van der Waals surface area contributed by atoms with Crippen molar-refractivity contribution in [2.24, 2.45) is 0 Å². The molecule has 0 aliphatic rings. The van der Waals surface area contributed by atoms with Crippen LogP contribution in [0, 0.1) is 0 Å². The van der Waals surface area contributed by atoms with Gasteiger partial charge in [-0.3, -0.25) is 9.59 Å². The molecule has 2 amide bonds. The Bertz CT molecular complexity index is 818. The number of rotatable bonds is 9. The van der Waals surface area contributed by atoms with Gasteiger partial charge in [-0.1, -0.05) is 19.1 Å². The van der Waals surface area contributed by atoms with E-state index in [9.17, 15) is 9.59 Å². The lowest BCUT2D eigenvalue weighted by Gasteiger charge is -2.15. The Kier molecular flexibility index (Phi) is 7.68. The van der Waals surface area contributed by atoms with E-state index in [-0.39, 0.29) is 11.8 Å². The molecule has 28 heavy (non-hydrogen) atoms. The molecule has 2 rings (SSSR count). The molecule has 0 heterocycles. The maximum absolute atomic E-state index is 12.6. The minimum absolute atomic E-state index is 0.0101. The molecule has 0 radical (unpaired) electrons. The first-order chi connectivity index (χ1) is 13.5. The van der Waals surface area contributed by atoms with Crippen molar-refractivity contribution < 1.29 is 23.8 Å². The molecule has 0 saturated heterocycles. The Balaban J connectivity index is 2.05. The predicted molar refractivity (Wildman–Crippen MR) is 107 cm³/mol. The SMILES string of the molecule is CCCC(=O)Nc1ccc(CNC(=O)c2ccc(OC)c(OC)c2OC)cc1. The van der Waals surface area contributed by atoms with E-state index in [1.807, 2.05) is 31.2 Å². The standard InChI is InChI=1S/C21H26N2O5/c1-5-6-18(24)23-15-9-7-14(8-10-15)13-22-21(25)16-11-12-17(26-2)20(28-4)19(16)27-3/h7-12H,5-6,13H2,1-4H3,(H,22,25)(H,23,24). The van der Waals surface area contributed by atoms with Crippen LogP contribution in [-0.4, -0.2) is 33.1 Å². The zero-order valence-corrected chi connectivity index (χ0v) is 16.6. The molecule has 0 saturated carbocycles. The Morgan fingerprint density at radius 2 is 1.57 bits per heavy atom. The third kappa shape index (κ3) is 5.16. The number of anilines is 1. The quantitative estimate of drug-likeness (QED) is 0.690. The second-order valence-corrected chi connectivity index (χ2v) is 6.06. The van der Waals surface area contributed by atoms with Crippen molar-refractivity contribution in [2.75, 3.05) is 26.6 Å². The average Bonchev–Trinajstić information content (AvgIpc) is 2.71. The van der Waals surface area contributed by atoms with Crippen LogP contribution < -0.4 is 24.8 Å². The molecule has 0 bridgehead atoms. The Morgan fingerprint density at radius 1 is 0.893 bits per heavy atom. The Hall–Kier alpha value is -3.22. The predicted octanol–water partition coefficient (Wildman–Crippen LogP) is 3.38. The van der Waals surface area contributed by atoms with Gasteiger partial charge in [-0.2, -0.15) is 0 Å². The topological polar surface area (TPSA) is 85.9 Å². The van der Waals surface area contributed by atoms with Crippen LogP contribution in [0.4, 0.5) is 5.69 Å². The van der Waals surface area contributed by atoms with Crippen LogP contribution >= 0.6 is 0 Å². The summed E-state index contributed by atoms with van der Waals surface area (Å²) in [6.07, 6.45) is 1.29. The molecule has 2 N–H and O–H groups in total. The van der Waals surface area contributed by atoms with Crippen LogP contribution in [0.2, 0.25) is 0 Å². The van der Waals surface area contributed by atoms with Crippen molar-refractivity contribution in [1.82, 2.24) is 5.32 Å². The smallest absolute Gasteiger partial charge is 0.255 e. The summed E-state index contributed by atoms with van der Waals surface area (Å²) in [7, 11) is 4.48. The van der Waals surface area contributed by atoms with Gasteiger partial charge in [0, 0.05) is 18.7 Å². The highest BCUT2D eigenvalue weighted by Crippen LogP contribution is 2.39. The van der Waals surface area contributed by atoms with E-state index in [1.54, 1.807) is 12.1 Å². The van der Waals surface area contributed by atoms with Gasteiger partial charge in [0.15, 0.2) is 11.5 Å². The van der Waals surface area contributed by atoms with E-state index >= 15 is 0 Å². The van der Waals surface area contributed by atoms with Crippen LogP contribution in [0.1, 0.15) is 35.7 Å². The van der Waals surface area contributed by atoms with Crippen molar-refractivity contribution in [3.05, 3.63) is 47.5 Å². The Morgan fingerprint density at radius 3 is 2.14 bits per heavy atom. The van der Waals surface area contributed by atoms with Gasteiger partial charge in [-0.25, -0.2) is 0 Å². The number of nitrogens with one attached hydrogen (secondary N) is 2. The zero-order valence-electron chi connectivity index (χ0n) is 16.6. The van der Waals surface area contributed by atoms with Gasteiger partial charge in [-0.05, 0) is 36.2 Å². The van der Waals surface area contributed by atoms with Crippen molar-refractivity contribution in [2.45, 2.75) is 26.3 Å².